The Kier molecular flexibility index (Phi) is 8.82. The van der Waals surface area contributed by atoms with E-state index >= 15 is 0 Å². The number of carbonyl (C=O) groups excluding carboxylic acids is 1. The first kappa shape index (κ1) is 20.1. The molecule has 0 spiro atoms. The number of amides is 1. The molecule has 0 atom stereocenters. The topological polar surface area (TPSA) is 69.6 Å². The number of piperidine rings is 1. The number of guanidine groups is 1. The summed E-state index contributed by atoms with van der Waals surface area (Å²) in [5, 5.41) is 9.22. The van der Waals surface area contributed by atoms with Gasteiger partial charge < -0.3 is 15.5 Å². The largest absolute Gasteiger partial charge is 0.359 e. The summed E-state index contributed by atoms with van der Waals surface area (Å²) in [6.07, 6.45) is 2.70. The summed E-state index contributed by atoms with van der Waals surface area (Å²) >= 11 is 1.67. The van der Waals surface area contributed by atoms with Crippen molar-refractivity contribution in [3.8, 4) is 0 Å². The van der Waals surface area contributed by atoms with Gasteiger partial charge in [0.15, 0.2) is 5.96 Å². The van der Waals surface area contributed by atoms with Gasteiger partial charge in [-0.15, -0.1) is 35.3 Å². The van der Waals surface area contributed by atoms with Crippen LogP contribution in [0.3, 0.4) is 0 Å². The molecule has 130 valence electrons. The van der Waals surface area contributed by atoms with Crippen molar-refractivity contribution in [2.45, 2.75) is 32.7 Å². The minimum atomic E-state index is 0. The van der Waals surface area contributed by atoms with Gasteiger partial charge in [0.05, 0.1) is 6.54 Å². The lowest BCUT2D eigenvalue weighted by Crippen LogP contribution is -2.45. The minimum Gasteiger partial charge on any atom is -0.359 e. The maximum absolute atomic E-state index is 11.4. The van der Waals surface area contributed by atoms with Crippen LogP contribution < -0.4 is 10.6 Å². The first-order valence-corrected chi connectivity index (χ1v) is 8.57. The second-order valence-corrected chi connectivity index (χ2v) is 6.53. The monoisotopic (exact) mass is 451 g/mol. The van der Waals surface area contributed by atoms with E-state index in [1.165, 1.54) is 0 Å². The summed E-state index contributed by atoms with van der Waals surface area (Å²) in [6, 6.07) is 0. The number of hydrogen-bond acceptors (Lipinski definition) is 4. The number of likely N-dealkylation sites (tertiary alicyclic amines) is 1. The number of halogens is 1. The molecule has 2 rings (SSSR count). The quantitative estimate of drug-likeness (QED) is 0.418. The Morgan fingerprint density at radius 1 is 1.48 bits per heavy atom. The molecule has 1 aromatic heterocycles. The van der Waals surface area contributed by atoms with Crippen molar-refractivity contribution in [2.24, 2.45) is 10.9 Å². The molecule has 1 aromatic rings. The maximum atomic E-state index is 11.4. The van der Waals surface area contributed by atoms with E-state index in [4.69, 9.17) is 0 Å². The van der Waals surface area contributed by atoms with Gasteiger partial charge in [0.2, 0.25) is 5.91 Å². The smallest absolute Gasteiger partial charge is 0.220 e. The molecule has 1 aliphatic rings. The number of aromatic nitrogens is 1. The molecule has 1 aliphatic heterocycles. The summed E-state index contributed by atoms with van der Waals surface area (Å²) < 4.78 is 0. The van der Waals surface area contributed by atoms with Crippen LogP contribution in [-0.2, 0) is 11.3 Å². The summed E-state index contributed by atoms with van der Waals surface area (Å²) in [5.74, 6) is 1.54. The second-order valence-electron chi connectivity index (χ2n) is 5.59. The van der Waals surface area contributed by atoms with E-state index in [2.05, 4.69) is 30.9 Å². The Bertz CT molecular complexity index is 526. The number of thiazole rings is 1. The lowest BCUT2D eigenvalue weighted by Gasteiger charge is -2.33. The lowest BCUT2D eigenvalue weighted by molar-refractivity contribution is -0.121. The molecule has 0 bridgehead atoms. The van der Waals surface area contributed by atoms with Crippen LogP contribution in [0, 0.1) is 12.8 Å². The molecule has 2 N–H and O–H groups in total. The van der Waals surface area contributed by atoms with Gasteiger partial charge in [-0.1, -0.05) is 0 Å². The van der Waals surface area contributed by atoms with Crippen LogP contribution >= 0.6 is 35.3 Å². The van der Waals surface area contributed by atoms with Crippen LogP contribution in [-0.4, -0.2) is 48.9 Å². The molecule has 0 aromatic carbocycles. The number of nitrogens with one attached hydrogen (secondary N) is 2. The number of aliphatic imine (C=N–C) groups is 1. The van der Waals surface area contributed by atoms with Crippen LogP contribution in [0.5, 0.6) is 0 Å². The zero-order valence-electron chi connectivity index (χ0n) is 14.0. The standard InChI is InChI=1S/C15H25N5OS.HI/c1-11-10-22-14(19-11)9-18-15(17-3)20-6-4-12(5-7-20)8-13(21)16-2;/h10,12H,4-9H2,1-3H3,(H,16,21)(H,17,18);1H. The zero-order chi connectivity index (χ0) is 15.9. The Hall–Kier alpha value is -0.900. The van der Waals surface area contributed by atoms with Crippen molar-refractivity contribution in [3.63, 3.8) is 0 Å². The summed E-state index contributed by atoms with van der Waals surface area (Å²) in [5.41, 5.74) is 1.06. The lowest BCUT2D eigenvalue weighted by atomic mass is 9.93. The van der Waals surface area contributed by atoms with Gasteiger partial charge in [0.25, 0.3) is 0 Å². The highest BCUT2D eigenvalue weighted by atomic mass is 127. The van der Waals surface area contributed by atoms with Gasteiger partial charge in [-0.3, -0.25) is 9.79 Å². The maximum Gasteiger partial charge on any atom is 0.220 e. The van der Waals surface area contributed by atoms with Crippen molar-refractivity contribution >= 4 is 47.2 Å². The molecule has 8 heteroatoms. The molecule has 23 heavy (non-hydrogen) atoms. The molecule has 0 radical (unpaired) electrons. The second kappa shape index (κ2) is 10.1. The van der Waals surface area contributed by atoms with Crippen LogP contribution in [0.2, 0.25) is 0 Å². The van der Waals surface area contributed by atoms with Crippen LogP contribution in [0.15, 0.2) is 10.4 Å². The molecule has 2 heterocycles. The first-order valence-electron chi connectivity index (χ1n) is 7.69. The SMILES string of the molecule is CN=C(NCc1nc(C)cs1)N1CCC(CC(=O)NC)CC1.I. The number of aryl methyl sites for hydroxylation is 1. The molecule has 0 aliphatic carbocycles. The highest BCUT2D eigenvalue weighted by Crippen LogP contribution is 2.20. The highest BCUT2D eigenvalue weighted by Gasteiger charge is 2.23. The predicted octanol–water partition coefficient (Wildman–Crippen LogP) is 1.99. The molecule has 0 saturated carbocycles. The van der Waals surface area contributed by atoms with Crippen molar-refractivity contribution in [2.75, 3.05) is 27.2 Å². The van der Waals surface area contributed by atoms with Gasteiger partial charge in [-0.05, 0) is 25.7 Å². The number of nitrogens with zero attached hydrogens (tertiary/aromatic N) is 3. The van der Waals surface area contributed by atoms with E-state index in [1.807, 2.05) is 14.0 Å². The zero-order valence-corrected chi connectivity index (χ0v) is 17.1. The van der Waals surface area contributed by atoms with Crippen LogP contribution in [0.25, 0.3) is 0 Å². The van der Waals surface area contributed by atoms with Crippen molar-refractivity contribution in [3.05, 3.63) is 16.1 Å². The molecule has 1 fully saturated rings. The first-order chi connectivity index (χ1) is 10.6. The number of hydrogen-bond donors (Lipinski definition) is 2. The van der Waals surface area contributed by atoms with Gasteiger partial charge in [0.1, 0.15) is 5.01 Å². The third kappa shape index (κ3) is 6.25. The minimum absolute atomic E-state index is 0. The summed E-state index contributed by atoms with van der Waals surface area (Å²) in [7, 11) is 3.51. The van der Waals surface area contributed by atoms with Gasteiger partial charge in [0, 0.05) is 44.7 Å². The van der Waals surface area contributed by atoms with Crippen molar-refractivity contribution < 1.29 is 4.79 Å². The van der Waals surface area contributed by atoms with Crippen molar-refractivity contribution in [1.82, 2.24) is 20.5 Å². The molecular weight excluding hydrogens is 425 g/mol. The van der Waals surface area contributed by atoms with E-state index in [9.17, 15) is 4.79 Å². The average molecular weight is 451 g/mol. The number of carbonyl (C=O) groups is 1. The third-order valence-electron chi connectivity index (χ3n) is 3.94. The van der Waals surface area contributed by atoms with E-state index < -0.39 is 0 Å². The third-order valence-corrected chi connectivity index (χ3v) is 4.91. The van der Waals surface area contributed by atoms with Crippen LogP contribution in [0.4, 0.5) is 0 Å². The Morgan fingerprint density at radius 2 is 2.17 bits per heavy atom. The molecule has 1 saturated heterocycles. The van der Waals surface area contributed by atoms with Crippen molar-refractivity contribution in [1.29, 1.82) is 0 Å². The Morgan fingerprint density at radius 3 is 2.70 bits per heavy atom. The van der Waals surface area contributed by atoms with Crippen LogP contribution in [0.1, 0.15) is 30.0 Å². The highest BCUT2D eigenvalue weighted by molar-refractivity contribution is 14.0. The summed E-state index contributed by atoms with van der Waals surface area (Å²) in [6.45, 7) is 4.60. The average Bonchev–Trinajstić information content (AvgIpc) is 2.95. The van der Waals surface area contributed by atoms with Gasteiger partial charge >= 0.3 is 0 Å². The predicted molar refractivity (Wildman–Crippen MR) is 105 cm³/mol. The normalized spacial score (nSPS) is 16.0. The Labute approximate surface area is 159 Å². The molecule has 6 nitrogen and oxygen atoms in total. The summed E-state index contributed by atoms with van der Waals surface area (Å²) in [4.78, 5) is 22.5. The van der Waals surface area contributed by atoms with Gasteiger partial charge in [-0.2, -0.15) is 0 Å². The fourth-order valence-corrected chi connectivity index (χ4v) is 3.40. The molecular formula is C15H26IN5OS. The van der Waals surface area contributed by atoms with E-state index in [0.717, 1.165) is 42.6 Å². The van der Waals surface area contributed by atoms with E-state index in [-0.39, 0.29) is 29.9 Å². The van der Waals surface area contributed by atoms with Gasteiger partial charge in [-0.25, -0.2) is 4.98 Å². The number of rotatable bonds is 4. The fraction of sp³-hybridized carbons (Fsp3) is 0.667. The fourth-order valence-electron chi connectivity index (χ4n) is 2.68. The van der Waals surface area contributed by atoms with E-state index in [0.29, 0.717) is 18.9 Å². The van der Waals surface area contributed by atoms with E-state index in [1.54, 1.807) is 18.4 Å². The molecule has 1 amide bonds. The molecule has 0 unspecified atom stereocenters. The Balaban J connectivity index is 0.00000264.